The summed E-state index contributed by atoms with van der Waals surface area (Å²) in [5, 5.41) is 5.46. The first kappa shape index (κ1) is 6.84. The monoisotopic (exact) mass is 165 g/mol. The van der Waals surface area contributed by atoms with E-state index in [1.54, 1.807) is 0 Å². The molecule has 1 aliphatic rings. The van der Waals surface area contributed by atoms with Crippen LogP contribution in [0, 0.1) is 0 Å². The molecule has 0 radical (unpaired) electrons. The fraction of sp³-hybridized carbons (Fsp3) is 0.167. The minimum atomic E-state index is -0.177. The van der Waals surface area contributed by atoms with E-state index < -0.39 is 0 Å². The van der Waals surface area contributed by atoms with E-state index in [4.69, 9.17) is 5.73 Å². The molecule has 2 rings (SSSR count). The Morgan fingerprint density at radius 3 is 3.17 bits per heavy atom. The van der Waals surface area contributed by atoms with Crippen LogP contribution in [0.1, 0.15) is 10.4 Å². The average Bonchev–Trinajstić information content (AvgIpc) is 2.04. The molecule has 62 valence electrons. The second-order valence-electron chi connectivity index (χ2n) is 2.35. The van der Waals surface area contributed by atoms with Gasteiger partial charge in [-0.1, -0.05) is 0 Å². The molecule has 1 aromatic rings. The molecular formula is C6H7N5O. The fourth-order valence-corrected chi connectivity index (χ4v) is 1.000. The molecule has 0 bridgehead atoms. The summed E-state index contributed by atoms with van der Waals surface area (Å²) in [5.74, 6) is 0.478. The number of amides is 1. The Labute approximate surface area is 68.2 Å². The first-order valence-corrected chi connectivity index (χ1v) is 3.42. The normalized spacial score (nSPS) is 14.5. The molecule has 6 heteroatoms. The van der Waals surface area contributed by atoms with Gasteiger partial charge in [0.15, 0.2) is 0 Å². The number of hydrogen-bond acceptors (Lipinski definition) is 5. The van der Waals surface area contributed by atoms with Gasteiger partial charge in [0.25, 0.3) is 5.91 Å². The number of rotatable bonds is 0. The van der Waals surface area contributed by atoms with Crippen molar-refractivity contribution in [2.24, 2.45) is 0 Å². The van der Waals surface area contributed by atoms with Gasteiger partial charge in [-0.2, -0.15) is 4.98 Å². The number of nitrogens with zero attached hydrogens (tertiary/aromatic N) is 2. The van der Waals surface area contributed by atoms with E-state index in [1.807, 2.05) is 0 Å². The predicted molar refractivity (Wildman–Crippen MR) is 42.4 cm³/mol. The number of anilines is 2. The minimum Gasteiger partial charge on any atom is -0.368 e. The summed E-state index contributed by atoms with van der Waals surface area (Å²) < 4.78 is 0. The minimum absolute atomic E-state index is 0.163. The van der Waals surface area contributed by atoms with Crippen molar-refractivity contribution >= 4 is 17.7 Å². The van der Waals surface area contributed by atoms with Crippen LogP contribution in [-0.4, -0.2) is 22.5 Å². The topological polar surface area (TPSA) is 92.9 Å². The van der Waals surface area contributed by atoms with Crippen LogP contribution in [-0.2, 0) is 0 Å². The molecule has 1 aromatic heterocycles. The summed E-state index contributed by atoms with van der Waals surface area (Å²) in [4.78, 5) is 18.7. The van der Waals surface area contributed by atoms with Crippen molar-refractivity contribution in [1.82, 2.24) is 15.3 Å². The summed E-state index contributed by atoms with van der Waals surface area (Å²) in [6.45, 7) is 0.377. The van der Waals surface area contributed by atoms with Gasteiger partial charge in [-0.25, -0.2) is 4.98 Å². The SMILES string of the molecule is Nc1ncc2c(n1)NCNC2=O. The van der Waals surface area contributed by atoms with Gasteiger partial charge < -0.3 is 16.4 Å². The summed E-state index contributed by atoms with van der Waals surface area (Å²) in [5.41, 5.74) is 5.76. The number of hydrogen-bond donors (Lipinski definition) is 3. The van der Waals surface area contributed by atoms with Gasteiger partial charge in [-0.15, -0.1) is 0 Å². The maximum Gasteiger partial charge on any atom is 0.257 e. The summed E-state index contributed by atoms with van der Waals surface area (Å²) in [6, 6.07) is 0. The molecule has 0 aliphatic carbocycles. The molecule has 6 nitrogen and oxygen atoms in total. The van der Waals surface area contributed by atoms with Crippen molar-refractivity contribution in [3.8, 4) is 0 Å². The number of aromatic nitrogens is 2. The number of nitrogen functional groups attached to an aromatic ring is 1. The smallest absolute Gasteiger partial charge is 0.257 e. The van der Waals surface area contributed by atoms with E-state index in [0.29, 0.717) is 18.1 Å². The highest BCUT2D eigenvalue weighted by Gasteiger charge is 2.17. The Balaban J connectivity index is 2.53. The van der Waals surface area contributed by atoms with E-state index in [9.17, 15) is 4.79 Å². The van der Waals surface area contributed by atoms with Crippen molar-refractivity contribution in [2.45, 2.75) is 0 Å². The van der Waals surface area contributed by atoms with Crippen LogP contribution in [0.3, 0.4) is 0 Å². The lowest BCUT2D eigenvalue weighted by Gasteiger charge is -2.16. The summed E-state index contributed by atoms with van der Waals surface area (Å²) in [7, 11) is 0. The van der Waals surface area contributed by atoms with E-state index in [2.05, 4.69) is 20.6 Å². The van der Waals surface area contributed by atoms with Crippen molar-refractivity contribution < 1.29 is 4.79 Å². The Bertz CT molecular complexity index is 337. The molecule has 2 heterocycles. The Morgan fingerprint density at radius 1 is 1.50 bits per heavy atom. The molecule has 4 N–H and O–H groups in total. The van der Waals surface area contributed by atoms with Crippen LogP contribution in [0.2, 0.25) is 0 Å². The van der Waals surface area contributed by atoms with Crippen LogP contribution in [0.15, 0.2) is 6.20 Å². The Hall–Kier alpha value is -1.85. The van der Waals surface area contributed by atoms with Crippen molar-refractivity contribution in [1.29, 1.82) is 0 Å². The highest BCUT2D eigenvalue weighted by Crippen LogP contribution is 2.14. The van der Waals surface area contributed by atoms with Gasteiger partial charge >= 0.3 is 0 Å². The number of carbonyl (C=O) groups is 1. The number of carbonyl (C=O) groups excluding carboxylic acids is 1. The zero-order valence-corrected chi connectivity index (χ0v) is 6.16. The molecule has 0 saturated carbocycles. The van der Waals surface area contributed by atoms with E-state index >= 15 is 0 Å². The maximum atomic E-state index is 11.1. The van der Waals surface area contributed by atoms with Gasteiger partial charge in [0, 0.05) is 6.20 Å². The Morgan fingerprint density at radius 2 is 2.33 bits per heavy atom. The van der Waals surface area contributed by atoms with E-state index in [1.165, 1.54) is 6.20 Å². The third-order valence-electron chi connectivity index (χ3n) is 1.56. The summed E-state index contributed by atoms with van der Waals surface area (Å²) in [6.07, 6.45) is 1.40. The molecule has 12 heavy (non-hydrogen) atoms. The van der Waals surface area contributed by atoms with Crippen molar-refractivity contribution in [2.75, 3.05) is 17.7 Å². The van der Waals surface area contributed by atoms with Crippen LogP contribution in [0.5, 0.6) is 0 Å². The van der Waals surface area contributed by atoms with E-state index in [-0.39, 0.29) is 11.9 Å². The number of nitrogens with two attached hydrogens (primary N) is 1. The lowest BCUT2D eigenvalue weighted by Crippen LogP contribution is -2.35. The number of fused-ring (bicyclic) bond motifs is 1. The standard InChI is InChI=1S/C6H7N5O/c7-6-8-1-3-4(11-6)9-2-10-5(3)12/h1H,2H2,(H,10,12)(H3,7,8,9,11). The van der Waals surface area contributed by atoms with Crippen molar-refractivity contribution in [3.63, 3.8) is 0 Å². The molecule has 1 amide bonds. The largest absolute Gasteiger partial charge is 0.368 e. The molecule has 0 fully saturated rings. The van der Waals surface area contributed by atoms with Gasteiger partial charge in [0.2, 0.25) is 5.95 Å². The van der Waals surface area contributed by atoms with Crippen LogP contribution < -0.4 is 16.4 Å². The molecule has 0 aromatic carbocycles. The number of nitrogens with one attached hydrogen (secondary N) is 2. The lowest BCUT2D eigenvalue weighted by atomic mass is 10.2. The molecule has 1 aliphatic heterocycles. The van der Waals surface area contributed by atoms with Crippen LogP contribution in [0.25, 0.3) is 0 Å². The zero-order chi connectivity index (χ0) is 8.55. The lowest BCUT2D eigenvalue weighted by molar-refractivity contribution is 0.0952. The molecule has 0 spiro atoms. The Kier molecular flexibility index (Phi) is 1.33. The van der Waals surface area contributed by atoms with Crippen LogP contribution >= 0.6 is 0 Å². The third kappa shape index (κ3) is 0.931. The predicted octanol–water partition coefficient (Wildman–Crippen LogP) is -0.828. The quantitative estimate of drug-likeness (QED) is 0.466. The molecular weight excluding hydrogens is 158 g/mol. The first-order valence-electron chi connectivity index (χ1n) is 3.42. The maximum absolute atomic E-state index is 11.1. The highest BCUT2D eigenvalue weighted by atomic mass is 16.1. The van der Waals surface area contributed by atoms with Gasteiger partial charge in [0.1, 0.15) is 11.4 Å². The zero-order valence-electron chi connectivity index (χ0n) is 6.16. The first-order chi connectivity index (χ1) is 5.77. The van der Waals surface area contributed by atoms with Crippen molar-refractivity contribution in [3.05, 3.63) is 11.8 Å². The van der Waals surface area contributed by atoms with Gasteiger partial charge in [-0.05, 0) is 0 Å². The highest BCUT2D eigenvalue weighted by molar-refractivity contribution is 6.00. The second kappa shape index (κ2) is 2.33. The van der Waals surface area contributed by atoms with Gasteiger partial charge in [-0.3, -0.25) is 4.79 Å². The average molecular weight is 165 g/mol. The fourth-order valence-electron chi connectivity index (χ4n) is 1.000. The molecule has 0 saturated heterocycles. The van der Waals surface area contributed by atoms with Crippen LogP contribution in [0.4, 0.5) is 11.8 Å². The molecule has 0 unspecified atom stereocenters. The second-order valence-corrected chi connectivity index (χ2v) is 2.35. The molecule has 0 atom stereocenters. The van der Waals surface area contributed by atoms with E-state index in [0.717, 1.165) is 0 Å². The van der Waals surface area contributed by atoms with Gasteiger partial charge in [0.05, 0.1) is 6.67 Å². The third-order valence-corrected chi connectivity index (χ3v) is 1.56. The summed E-state index contributed by atoms with van der Waals surface area (Å²) >= 11 is 0.